The van der Waals surface area contributed by atoms with E-state index in [0.717, 1.165) is 5.56 Å². The van der Waals surface area contributed by atoms with Crippen molar-refractivity contribution in [3.05, 3.63) is 53.3 Å². The lowest BCUT2D eigenvalue weighted by atomic mass is 9.93. The number of benzene rings is 1. The average Bonchev–Trinajstić information content (AvgIpc) is 3.21. The molecule has 2 aromatic rings. The fraction of sp³-hybridized carbons (Fsp3) is 0.368. The van der Waals surface area contributed by atoms with E-state index in [1.807, 2.05) is 19.1 Å². The molecule has 1 aromatic carbocycles. The molecule has 2 heterocycles. The van der Waals surface area contributed by atoms with Crippen LogP contribution in [0.1, 0.15) is 34.5 Å². The van der Waals surface area contributed by atoms with Gasteiger partial charge in [0.2, 0.25) is 5.91 Å². The molecule has 6 heteroatoms. The maximum Gasteiger partial charge on any atom is 0.289 e. The van der Waals surface area contributed by atoms with Gasteiger partial charge in [0.15, 0.2) is 5.76 Å². The van der Waals surface area contributed by atoms with Gasteiger partial charge in [0, 0.05) is 32.0 Å². The number of nitrogens with zero attached hydrogens (tertiary/aromatic N) is 1. The highest BCUT2D eigenvalue weighted by Crippen LogP contribution is 2.30. The SMILES string of the molecule is COc1ccc(C(=O)N2C[C@@H](NC(C)=O)[C@H](c3ccc(C)cc3)C2)o1. The van der Waals surface area contributed by atoms with Crippen LogP contribution in [0.5, 0.6) is 5.95 Å². The van der Waals surface area contributed by atoms with Crippen LogP contribution in [-0.4, -0.2) is 43.0 Å². The number of carbonyl (C=O) groups is 2. The maximum absolute atomic E-state index is 12.7. The predicted octanol–water partition coefficient (Wildman–Crippen LogP) is 2.34. The molecule has 0 bridgehead atoms. The van der Waals surface area contributed by atoms with Crippen LogP contribution >= 0.6 is 0 Å². The first kappa shape index (κ1) is 17.1. The third-order valence-corrected chi connectivity index (χ3v) is 4.49. The number of carbonyl (C=O) groups excluding carboxylic acids is 2. The summed E-state index contributed by atoms with van der Waals surface area (Å²) in [4.78, 5) is 26.0. The normalized spacial score (nSPS) is 19.7. The minimum atomic E-state index is -0.201. The zero-order valence-corrected chi connectivity index (χ0v) is 14.6. The molecule has 0 aliphatic carbocycles. The smallest absolute Gasteiger partial charge is 0.289 e. The van der Waals surface area contributed by atoms with Gasteiger partial charge in [0.1, 0.15) is 0 Å². The number of aryl methyl sites for hydroxylation is 1. The maximum atomic E-state index is 12.7. The van der Waals surface area contributed by atoms with Crippen LogP contribution in [0.25, 0.3) is 0 Å². The van der Waals surface area contributed by atoms with E-state index >= 15 is 0 Å². The Kier molecular flexibility index (Phi) is 4.79. The minimum Gasteiger partial charge on any atom is -0.468 e. The van der Waals surface area contributed by atoms with E-state index in [0.29, 0.717) is 19.0 Å². The van der Waals surface area contributed by atoms with Crippen molar-refractivity contribution in [2.24, 2.45) is 0 Å². The summed E-state index contributed by atoms with van der Waals surface area (Å²) in [6.45, 7) is 4.49. The van der Waals surface area contributed by atoms with E-state index in [1.54, 1.807) is 17.0 Å². The van der Waals surface area contributed by atoms with E-state index in [9.17, 15) is 9.59 Å². The van der Waals surface area contributed by atoms with Gasteiger partial charge in [-0.25, -0.2) is 0 Å². The van der Waals surface area contributed by atoms with Crippen LogP contribution < -0.4 is 10.1 Å². The van der Waals surface area contributed by atoms with E-state index in [-0.39, 0.29) is 29.5 Å². The van der Waals surface area contributed by atoms with E-state index in [4.69, 9.17) is 9.15 Å². The molecule has 1 saturated heterocycles. The second-order valence-corrected chi connectivity index (χ2v) is 6.36. The summed E-state index contributed by atoms with van der Waals surface area (Å²) in [5.41, 5.74) is 2.28. The number of methoxy groups -OCH3 is 1. The highest BCUT2D eigenvalue weighted by molar-refractivity contribution is 5.92. The van der Waals surface area contributed by atoms with Crippen LogP contribution in [-0.2, 0) is 4.79 Å². The largest absolute Gasteiger partial charge is 0.468 e. The zero-order chi connectivity index (χ0) is 18.0. The first-order chi connectivity index (χ1) is 12.0. The van der Waals surface area contributed by atoms with Gasteiger partial charge in [0.05, 0.1) is 13.2 Å². The monoisotopic (exact) mass is 342 g/mol. The topological polar surface area (TPSA) is 71.8 Å². The lowest BCUT2D eigenvalue weighted by Crippen LogP contribution is -2.39. The number of amides is 2. The Bertz CT molecular complexity index is 766. The summed E-state index contributed by atoms with van der Waals surface area (Å²) in [6, 6.07) is 11.3. The first-order valence-electron chi connectivity index (χ1n) is 8.24. The van der Waals surface area contributed by atoms with Crippen LogP contribution in [0.4, 0.5) is 0 Å². The van der Waals surface area contributed by atoms with Crippen LogP contribution in [0.2, 0.25) is 0 Å². The molecule has 1 aliphatic rings. The second kappa shape index (κ2) is 7.01. The zero-order valence-electron chi connectivity index (χ0n) is 14.6. The summed E-state index contributed by atoms with van der Waals surface area (Å²) in [6.07, 6.45) is 0. The Labute approximate surface area is 146 Å². The first-order valence-corrected chi connectivity index (χ1v) is 8.24. The molecule has 1 aliphatic heterocycles. The quantitative estimate of drug-likeness (QED) is 0.926. The number of nitrogens with one attached hydrogen (secondary N) is 1. The van der Waals surface area contributed by atoms with Gasteiger partial charge >= 0.3 is 0 Å². The molecule has 1 fully saturated rings. The van der Waals surface area contributed by atoms with Gasteiger partial charge in [-0.05, 0) is 18.6 Å². The molecule has 0 unspecified atom stereocenters. The number of ether oxygens (including phenoxy) is 1. The van der Waals surface area contributed by atoms with Crippen molar-refractivity contribution >= 4 is 11.8 Å². The number of rotatable bonds is 4. The molecule has 0 saturated carbocycles. The molecule has 132 valence electrons. The summed E-state index contributed by atoms with van der Waals surface area (Å²) in [5, 5.41) is 2.97. The van der Waals surface area contributed by atoms with Crippen molar-refractivity contribution in [3.8, 4) is 5.95 Å². The molecule has 1 N–H and O–H groups in total. The molecular weight excluding hydrogens is 320 g/mol. The fourth-order valence-electron chi connectivity index (χ4n) is 3.23. The summed E-state index contributed by atoms with van der Waals surface area (Å²) >= 11 is 0. The van der Waals surface area contributed by atoms with Gasteiger partial charge < -0.3 is 19.4 Å². The van der Waals surface area contributed by atoms with Crippen molar-refractivity contribution in [1.29, 1.82) is 0 Å². The molecule has 6 nitrogen and oxygen atoms in total. The lowest BCUT2D eigenvalue weighted by molar-refractivity contribution is -0.119. The summed E-state index contributed by atoms with van der Waals surface area (Å²) < 4.78 is 10.4. The Morgan fingerprint density at radius 3 is 2.48 bits per heavy atom. The second-order valence-electron chi connectivity index (χ2n) is 6.36. The third-order valence-electron chi connectivity index (χ3n) is 4.49. The van der Waals surface area contributed by atoms with Crippen molar-refractivity contribution in [2.45, 2.75) is 25.8 Å². The summed E-state index contributed by atoms with van der Waals surface area (Å²) in [5.74, 6) is 0.286. The average molecular weight is 342 g/mol. The molecular formula is C19H22N2O4. The third kappa shape index (κ3) is 3.68. The van der Waals surface area contributed by atoms with Gasteiger partial charge in [-0.3, -0.25) is 9.59 Å². The van der Waals surface area contributed by atoms with E-state index in [1.165, 1.54) is 19.6 Å². The Balaban J connectivity index is 1.81. The van der Waals surface area contributed by atoms with Crippen LogP contribution in [0.15, 0.2) is 40.8 Å². The number of furan rings is 1. The van der Waals surface area contributed by atoms with Crippen molar-refractivity contribution in [3.63, 3.8) is 0 Å². The fourth-order valence-corrected chi connectivity index (χ4v) is 3.23. The van der Waals surface area contributed by atoms with Crippen molar-refractivity contribution in [1.82, 2.24) is 10.2 Å². The van der Waals surface area contributed by atoms with Gasteiger partial charge in [0.25, 0.3) is 11.9 Å². The van der Waals surface area contributed by atoms with Crippen molar-refractivity contribution < 1.29 is 18.7 Å². The summed E-state index contributed by atoms with van der Waals surface area (Å²) in [7, 11) is 1.49. The molecule has 1 aromatic heterocycles. The van der Waals surface area contributed by atoms with Crippen molar-refractivity contribution in [2.75, 3.05) is 20.2 Å². The Morgan fingerprint density at radius 1 is 1.16 bits per heavy atom. The molecule has 2 atom stereocenters. The highest BCUT2D eigenvalue weighted by atomic mass is 16.6. The highest BCUT2D eigenvalue weighted by Gasteiger charge is 2.37. The molecule has 0 spiro atoms. The number of hydrogen-bond donors (Lipinski definition) is 1. The standard InChI is InChI=1S/C19H22N2O4/c1-12-4-6-14(7-5-12)15-10-21(11-16(15)20-13(2)22)19(23)17-8-9-18(24-3)25-17/h4-9,15-16H,10-11H2,1-3H3,(H,20,22)/t15-,16+/m0/s1. The number of hydrogen-bond acceptors (Lipinski definition) is 4. The predicted molar refractivity (Wildman–Crippen MR) is 92.7 cm³/mol. The van der Waals surface area contributed by atoms with Crippen LogP contribution in [0.3, 0.4) is 0 Å². The lowest BCUT2D eigenvalue weighted by Gasteiger charge is -2.19. The molecule has 0 radical (unpaired) electrons. The van der Waals surface area contributed by atoms with Gasteiger partial charge in [-0.2, -0.15) is 0 Å². The number of likely N-dealkylation sites (tertiary alicyclic amines) is 1. The van der Waals surface area contributed by atoms with E-state index in [2.05, 4.69) is 17.4 Å². The molecule has 2 amide bonds. The minimum absolute atomic E-state index is 0.0466. The van der Waals surface area contributed by atoms with Gasteiger partial charge in [-0.1, -0.05) is 29.8 Å². The van der Waals surface area contributed by atoms with Crippen LogP contribution in [0, 0.1) is 6.92 Å². The Hall–Kier alpha value is -2.76. The van der Waals surface area contributed by atoms with E-state index < -0.39 is 0 Å². The Morgan fingerprint density at radius 2 is 1.88 bits per heavy atom. The molecule has 3 rings (SSSR count). The van der Waals surface area contributed by atoms with Gasteiger partial charge in [-0.15, -0.1) is 0 Å². The molecule has 25 heavy (non-hydrogen) atoms.